The van der Waals surface area contributed by atoms with Crippen molar-refractivity contribution in [3.8, 4) is 17.1 Å². The first kappa shape index (κ1) is 26.1. The molecule has 1 aliphatic rings. The molecule has 0 atom stereocenters. The number of benzene rings is 1. The maximum atomic E-state index is 13.4. The minimum atomic E-state index is -0.798. The topological polar surface area (TPSA) is 87.0 Å². The lowest BCUT2D eigenvalue weighted by Crippen LogP contribution is -2.36. The van der Waals surface area contributed by atoms with E-state index in [1.807, 2.05) is 30.3 Å². The molecular formula is C28H35NO6. The third-order valence-electron chi connectivity index (χ3n) is 5.28. The number of dihydropyridines is 1. The number of nitrogens with one attached hydrogen (secondary N) is 1. The van der Waals surface area contributed by atoms with Gasteiger partial charge in [-0.25, -0.2) is 9.59 Å². The van der Waals surface area contributed by atoms with Crippen LogP contribution in [0, 0.1) is 0 Å². The molecule has 1 aromatic carbocycles. The summed E-state index contributed by atoms with van der Waals surface area (Å²) in [6.07, 6.45) is 0. The summed E-state index contributed by atoms with van der Waals surface area (Å²) in [4.78, 5) is 26.7. The number of carbonyl (C=O) groups is 2. The molecule has 0 saturated heterocycles. The van der Waals surface area contributed by atoms with Crippen molar-refractivity contribution in [3.63, 3.8) is 0 Å². The van der Waals surface area contributed by atoms with Crippen LogP contribution in [0.4, 0.5) is 0 Å². The van der Waals surface area contributed by atoms with E-state index in [4.69, 9.17) is 18.6 Å². The highest BCUT2D eigenvalue weighted by Gasteiger charge is 2.41. The van der Waals surface area contributed by atoms with E-state index in [1.54, 1.807) is 68.6 Å². The van der Waals surface area contributed by atoms with E-state index < -0.39 is 29.1 Å². The number of methoxy groups -OCH3 is 1. The molecule has 3 rings (SSSR count). The van der Waals surface area contributed by atoms with Gasteiger partial charge in [0.1, 0.15) is 28.5 Å². The Kier molecular flexibility index (Phi) is 7.20. The van der Waals surface area contributed by atoms with Crippen molar-refractivity contribution in [1.82, 2.24) is 5.32 Å². The Morgan fingerprint density at radius 2 is 1.29 bits per heavy atom. The summed E-state index contributed by atoms with van der Waals surface area (Å²) in [7, 11) is 1.61. The van der Waals surface area contributed by atoms with Crippen LogP contribution in [-0.2, 0) is 19.1 Å². The van der Waals surface area contributed by atoms with Crippen molar-refractivity contribution in [2.75, 3.05) is 7.11 Å². The zero-order chi connectivity index (χ0) is 26.1. The zero-order valence-electron chi connectivity index (χ0n) is 22.0. The first-order valence-electron chi connectivity index (χ1n) is 11.6. The Morgan fingerprint density at radius 1 is 0.800 bits per heavy atom. The van der Waals surface area contributed by atoms with E-state index >= 15 is 0 Å². The number of allylic oxidation sites excluding steroid dienone is 2. The summed E-state index contributed by atoms with van der Waals surface area (Å²) < 4.78 is 22.9. The zero-order valence-corrected chi connectivity index (χ0v) is 22.0. The van der Waals surface area contributed by atoms with E-state index in [9.17, 15) is 9.59 Å². The number of hydrogen-bond acceptors (Lipinski definition) is 7. The standard InChI is InChI=1S/C28H35NO6/c1-16-22(25(30)34-27(3,4)5)24(23(17(2)29-16)26(31)35-28(6,7)8)21-15-14-20(33-21)18-10-12-19(32-9)13-11-18/h10-15,24,29H,1-9H3. The van der Waals surface area contributed by atoms with Crippen LogP contribution >= 0.6 is 0 Å². The highest BCUT2D eigenvalue weighted by molar-refractivity contribution is 6.00. The Balaban J connectivity index is 2.12. The first-order chi connectivity index (χ1) is 16.2. The lowest BCUT2D eigenvalue weighted by Gasteiger charge is -2.32. The van der Waals surface area contributed by atoms with Crippen molar-refractivity contribution in [1.29, 1.82) is 0 Å². The number of ether oxygens (including phenoxy) is 3. The number of esters is 2. The molecule has 0 amide bonds. The van der Waals surface area contributed by atoms with Gasteiger partial charge >= 0.3 is 11.9 Å². The average Bonchev–Trinajstić information content (AvgIpc) is 3.20. The molecule has 0 aliphatic carbocycles. The molecule has 1 aliphatic heterocycles. The molecular weight excluding hydrogens is 446 g/mol. The molecule has 7 nitrogen and oxygen atoms in total. The predicted octanol–water partition coefficient (Wildman–Crippen LogP) is 5.87. The molecule has 0 spiro atoms. The SMILES string of the molecule is COc1ccc(-c2ccc(C3C(C(=O)OC(C)(C)C)=C(C)NC(C)=C3C(=O)OC(C)(C)C)o2)cc1. The van der Waals surface area contributed by atoms with Gasteiger partial charge in [0.05, 0.1) is 24.2 Å². The second-order valence-electron chi connectivity index (χ2n) is 10.6. The van der Waals surface area contributed by atoms with Crippen LogP contribution in [0.15, 0.2) is 63.4 Å². The van der Waals surface area contributed by atoms with Gasteiger partial charge in [0, 0.05) is 17.0 Å². The second-order valence-corrected chi connectivity index (χ2v) is 10.6. The third-order valence-corrected chi connectivity index (χ3v) is 5.28. The van der Waals surface area contributed by atoms with E-state index in [0.29, 0.717) is 34.1 Å². The summed E-state index contributed by atoms with van der Waals surface area (Å²) in [5.74, 6) is -0.0726. The van der Waals surface area contributed by atoms with E-state index in [1.165, 1.54) is 0 Å². The van der Waals surface area contributed by atoms with Gasteiger partial charge < -0.3 is 23.9 Å². The maximum Gasteiger partial charge on any atom is 0.337 e. The molecule has 7 heteroatoms. The van der Waals surface area contributed by atoms with Gasteiger partial charge in [-0.1, -0.05) is 0 Å². The van der Waals surface area contributed by atoms with Crippen LogP contribution in [0.3, 0.4) is 0 Å². The van der Waals surface area contributed by atoms with Crippen molar-refractivity contribution >= 4 is 11.9 Å². The molecule has 0 bridgehead atoms. The van der Waals surface area contributed by atoms with Gasteiger partial charge in [0.25, 0.3) is 0 Å². The highest BCUT2D eigenvalue weighted by atomic mass is 16.6. The molecule has 0 unspecified atom stereocenters. The Morgan fingerprint density at radius 3 is 1.71 bits per heavy atom. The summed E-state index contributed by atoms with van der Waals surface area (Å²) in [5.41, 5.74) is 1.21. The number of rotatable bonds is 5. The molecule has 1 N–H and O–H groups in total. The second kappa shape index (κ2) is 9.64. The Hall–Kier alpha value is -3.48. The van der Waals surface area contributed by atoms with Crippen LogP contribution in [0.2, 0.25) is 0 Å². The molecule has 0 saturated carbocycles. The summed E-state index contributed by atoms with van der Waals surface area (Å²) >= 11 is 0. The van der Waals surface area contributed by atoms with E-state index in [0.717, 1.165) is 11.3 Å². The predicted molar refractivity (Wildman–Crippen MR) is 134 cm³/mol. The molecule has 2 aromatic rings. The molecule has 35 heavy (non-hydrogen) atoms. The minimum Gasteiger partial charge on any atom is -0.497 e. The normalized spacial score (nSPS) is 15.1. The quantitative estimate of drug-likeness (QED) is 0.534. The maximum absolute atomic E-state index is 13.4. The van der Waals surface area contributed by atoms with Gasteiger partial charge in [-0.05, 0) is 91.8 Å². The summed E-state index contributed by atoms with van der Waals surface area (Å²) in [5, 5.41) is 3.17. The van der Waals surface area contributed by atoms with Crippen molar-refractivity contribution < 1.29 is 28.2 Å². The van der Waals surface area contributed by atoms with Gasteiger partial charge in [-0.15, -0.1) is 0 Å². The Bertz CT molecular complexity index is 1120. The van der Waals surface area contributed by atoms with Crippen molar-refractivity contribution in [2.24, 2.45) is 0 Å². The summed E-state index contributed by atoms with van der Waals surface area (Å²) in [6, 6.07) is 11.1. The smallest absolute Gasteiger partial charge is 0.337 e. The summed E-state index contributed by atoms with van der Waals surface area (Å²) in [6.45, 7) is 14.4. The molecule has 1 aromatic heterocycles. The molecule has 0 radical (unpaired) electrons. The lowest BCUT2D eigenvalue weighted by atomic mass is 9.83. The largest absolute Gasteiger partial charge is 0.497 e. The highest BCUT2D eigenvalue weighted by Crippen LogP contribution is 2.42. The fourth-order valence-electron chi connectivity index (χ4n) is 3.90. The molecule has 2 heterocycles. The van der Waals surface area contributed by atoms with Gasteiger partial charge in [-0.2, -0.15) is 0 Å². The van der Waals surface area contributed by atoms with Crippen molar-refractivity contribution in [2.45, 2.75) is 72.5 Å². The van der Waals surface area contributed by atoms with Crippen LogP contribution in [0.1, 0.15) is 67.1 Å². The number of hydrogen-bond donors (Lipinski definition) is 1. The van der Waals surface area contributed by atoms with Crippen LogP contribution in [-0.4, -0.2) is 30.3 Å². The molecule has 0 fully saturated rings. The van der Waals surface area contributed by atoms with Crippen LogP contribution < -0.4 is 10.1 Å². The Labute approximate surface area is 207 Å². The first-order valence-corrected chi connectivity index (χ1v) is 11.6. The van der Waals surface area contributed by atoms with Crippen LogP contribution in [0.5, 0.6) is 5.75 Å². The van der Waals surface area contributed by atoms with Gasteiger partial charge in [0.15, 0.2) is 0 Å². The van der Waals surface area contributed by atoms with Crippen molar-refractivity contribution in [3.05, 3.63) is 64.7 Å². The molecule has 188 valence electrons. The van der Waals surface area contributed by atoms with Gasteiger partial charge in [-0.3, -0.25) is 0 Å². The van der Waals surface area contributed by atoms with Gasteiger partial charge in [0.2, 0.25) is 0 Å². The van der Waals surface area contributed by atoms with E-state index in [2.05, 4.69) is 5.32 Å². The van der Waals surface area contributed by atoms with E-state index in [-0.39, 0.29) is 0 Å². The average molecular weight is 482 g/mol. The number of furan rings is 1. The third kappa shape index (κ3) is 6.15. The fourth-order valence-corrected chi connectivity index (χ4v) is 3.90. The monoisotopic (exact) mass is 481 g/mol. The van der Waals surface area contributed by atoms with Crippen LogP contribution in [0.25, 0.3) is 11.3 Å². The fraction of sp³-hybridized carbons (Fsp3) is 0.429. The lowest BCUT2D eigenvalue weighted by molar-refractivity contribution is -0.151. The number of carbonyl (C=O) groups excluding carboxylic acids is 2. The minimum absolute atomic E-state index is 0.307.